The third kappa shape index (κ3) is 3.29. The largest absolute Gasteiger partial charge is 0.337 e. The molecule has 0 atom stereocenters. The normalized spacial score (nSPS) is 14.5. The van der Waals surface area contributed by atoms with Gasteiger partial charge >= 0.3 is 0 Å². The molecule has 126 valence electrons. The molecule has 1 saturated heterocycles. The number of carbonyl (C=O) groups excluding carboxylic acids is 2. The van der Waals surface area contributed by atoms with Crippen LogP contribution in [0.4, 0.5) is 10.1 Å². The maximum atomic E-state index is 13.0. The van der Waals surface area contributed by atoms with Gasteiger partial charge in [-0.3, -0.25) is 14.3 Å². The fraction of sp³-hybridized carbons (Fsp3) is 0.353. The van der Waals surface area contributed by atoms with Crippen molar-refractivity contribution in [2.45, 2.75) is 19.3 Å². The van der Waals surface area contributed by atoms with Crippen molar-refractivity contribution in [3.8, 4) is 0 Å². The Kier molecular flexibility index (Phi) is 4.59. The summed E-state index contributed by atoms with van der Waals surface area (Å²) in [6.45, 7) is 1.44. The summed E-state index contributed by atoms with van der Waals surface area (Å²) in [4.78, 5) is 26.8. The molecule has 24 heavy (non-hydrogen) atoms. The summed E-state index contributed by atoms with van der Waals surface area (Å²) < 4.78 is 14.4. The van der Waals surface area contributed by atoms with E-state index in [0.29, 0.717) is 16.9 Å². The van der Waals surface area contributed by atoms with E-state index in [1.165, 1.54) is 35.1 Å². The highest BCUT2D eigenvalue weighted by atomic mass is 19.1. The van der Waals surface area contributed by atoms with Crippen LogP contribution in [0.2, 0.25) is 0 Å². The molecular formula is C17H19FN4O2. The van der Waals surface area contributed by atoms with Gasteiger partial charge in [0.15, 0.2) is 0 Å². The minimum absolute atomic E-state index is 0.135. The Balaban J connectivity index is 1.80. The molecule has 0 saturated carbocycles. The molecule has 3 rings (SSSR count). The van der Waals surface area contributed by atoms with Gasteiger partial charge in [-0.05, 0) is 43.5 Å². The van der Waals surface area contributed by atoms with Crippen LogP contribution in [0.15, 0.2) is 30.5 Å². The van der Waals surface area contributed by atoms with Gasteiger partial charge < -0.3 is 10.2 Å². The smallest absolute Gasteiger partial charge is 0.274 e. The third-order valence-corrected chi connectivity index (χ3v) is 4.14. The van der Waals surface area contributed by atoms with E-state index in [2.05, 4.69) is 10.4 Å². The van der Waals surface area contributed by atoms with E-state index < -0.39 is 11.7 Å². The number of anilines is 1. The van der Waals surface area contributed by atoms with Crippen molar-refractivity contribution in [3.63, 3.8) is 0 Å². The Labute approximate surface area is 139 Å². The Bertz CT molecular complexity index is 748. The van der Waals surface area contributed by atoms with Crippen molar-refractivity contribution >= 4 is 17.5 Å². The number of halogens is 1. The molecule has 0 radical (unpaired) electrons. The highest BCUT2D eigenvalue weighted by Crippen LogP contribution is 2.20. The van der Waals surface area contributed by atoms with Crippen LogP contribution in [0.3, 0.4) is 0 Å². The van der Waals surface area contributed by atoms with E-state index in [1.807, 2.05) is 0 Å². The lowest BCUT2D eigenvalue weighted by molar-refractivity contribution is 0.0714. The van der Waals surface area contributed by atoms with Crippen LogP contribution in [0.25, 0.3) is 0 Å². The van der Waals surface area contributed by atoms with Crippen LogP contribution in [0.1, 0.15) is 40.1 Å². The second kappa shape index (κ2) is 6.82. The summed E-state index contributed by atoms with van der Waals surface area (Å²) in [5.74, 6) is -0.950. The zero-order valence-corrected chi connectivity index (χ0v) is 13.5. The minimum atomic E-state index is -0.408. The number of likely N-dealkylation sites (tertiary alicyclic amines) is 1. The van der Waals surface area contributed by atoms with Crippen molar-refractivity contribution in [2.24, 2.45) is 7.05 Å². The lowest BCUT2D eigenvalue weighted by Crippen LogP contribution is -2.37. The Morgan fingerprint density at radius 1 is 1.12 bits per heavy atom. The first-order valence-electron chi connectivity index (χ1n) is 7.94. The molecule has 2 heterocycles. The SMILES string of the molecule is Cn1ncc(NC(=O)c2ccc(F)cc2)c1C(=O)N1CCCCC1. The van der Waals surface area contributed by atoms with Crippen LogP contribution in [0.5, 0.6) is 0 Å². The van der Waals surface area contributed by atoms with Crippen molar-refractivity contribution in [1.29, 1.82) is 0 Å². The monoisotopic (exact) mass is 330 g/mol. The first-order chi connectivity index (χ1) is 11.6. The minimum Gasteiger partial charge on any atom is -0.337 e. The van der Waals surface area contributed by atoms with Crippen molar-refractivity contribution < 1.29 is 14.0 Å². The highest BCUT2D eigenvalue weighted by molar-refractivity contribution is 6.08. The highest BCUT2D eigenvalue weighted by Gasteiger charge is 2.25. The van der Waals surface area contributed by atoms with Gasteiger partial charge in [0.05, 0.1) is 11.9 Å². The fourth-order valence-electron chi connectivity index (χ4n) is 2.83. The van der Waals surface area contributed by atoms with E-state index in [0.717, 1.165) is 32.4 Å². The summed E-state index contributed by atoms with van der Waals surface area (Å²) in [5.41, 5.74) is 1.03. The fourth-order valence-corrected chi connectivity index (χ4v) is 2.83. The zero-order chi connectivity index (χ0) is 17.1. The number of nitrogens with zero attached hydrogens (tertiary/aromatic N) is 3. The zero-order valence-electron chi connectivity index (χ0n) is 13.5. The molecule has 1 fully saturated rings. The van der Waals surface area contributed by atoms with Gasteiger partial charge in [-0.1, -0.05) is 0 Å². The third-order valence-electron chi connectivity index (χ3n) is 4.14. The van der Waals surface area contributed by atoms with Crippen LogP contribution < -0.4 is 5.32 Å². The summed E-state index contributed by atoms with van der Waals surface area (Å²) in [6.07, 6.45) is 4.56. The molecular weight excluding hydrogens is 311 g/mol. The lowest BCUT2D eigenvalue weighted by Gasteiger charge is -2.27. The molecule has 1 N–H and O–H groups in total. The molecule has 0 bridgehead atoms. The number of aryl methyl sites for hydroxylation is 1. The van der Waals surface area contributed by atoms with Gasteiger partial charge in [-0.15, -0.1) is 0 Å². The number of hydrogen-bond donors (Lipinski definition) is 1. The van der Waals surface area contributed by atoms with Gasteiger partial charge in [0.25, 0.3) is 11.8 Å². The molecule has 1 aliphatic rings. The molecule has 0 aliphatic carbocycles. The molecule has 1 aromatic heterocycles. The van der Waals surface area contributed by atoms with E-state index >= 15 is 0 Å². The van der Waals surface area contributed by atoms with E-state index in [9.17, 15) is 14.0 Å². The predicted octanol–water partition coefficient (Wildman–Crippen LogP) is 2.44. The number of aromatic nitrogens is 2. The Hall–Kier alpha value is -2.70. The standard InChI is InChI=1S/C17H19FN4O2/c1-21-15(17(24)22-9-3-2-4-10-22)14(11-19-21)20-16(23)12-5-7-13(18)8-6-12/h5-8,11H,2-4,9-10H2,1H3,(H,20,23). The Morgan fingerprint density at radius 3 is 2.46 bits per heavy atom. The number of carbonyl (C=O) groups is 2. The quantitative estimate of drug-likeness (QED) is 0.940. The Morgan fingerprint density at radius 2 is 1.79 bits per heavy atom. The molecule has 6 nitrogen and oxygen atoms in total. The van der Waals surface area contributed by atoms with Gasteiger partial charge in [0, 0.05) is 25.7 Å². The summed E-state index contributed by atoms with van der Waals surface area (Å²) in [7, 11) is 1.67. The average molecular weight is 330 g/mol. The van der Waals surface area contributed by atoms with Gasteiger partial charge in [-0.25, -0.2) is 4.39 Å². The molecule has 2 amide bonds. The van der Waals surface area contributed by atoms with Crippen LogP contribution in [-0.2, 0) is 7.05 Å². The number of rotatable bonds is 3. The van der Waals surface area contributed by atoms with Gasteiger partial charge in [0.1, 0.15) is 11.5 Å². The van der Waals surface area contributed by atoms with Crippen LogP contribution in [0, 0.1) is 5.82 Å². The molecule has 2 aromatic rings. The summed E-state index contributed by atoms with van der Waals surface area (Å²) in [5, 5.41) is 6.78. The topological polar surface area (TPSA) is 67.2 Å². The second-order valence-corrected chi connectivity index (χ2v) is 5.84. The molecule has 7 heteroatoms. The maximum Gasteiger partial charge on any atom is 0.274 e. The number of piperidine rings is 1. The van der Waals surface area contributed by atoms with Gasteiger partial charge in [0.2, 0.25) is 0 Å². The first kappa shape index (κ1) is 16.2. The van der Waals surface area contributed by atoms with E-state index in [4.69, 9.17) is 0 Å². The van der Waals surface area contributed by atoms with Crippen LogP contribution >= 0.6 is 0 Å². The van der Waals surface area contributed by atoms with E-state index in [1.54, 1.807) is 11.9 Å². The first-order valence-corrected chi connectivity index (χ1v) is 7.94. The number of hydrogen-bond acceptors (Lipinski definition) is 3. The number of amides is 2. The summed E-state index contributed by atoms with van der Waals surface area (Å²) in [6, 6.07) is 5.23. The van der Waals surface area contributed by atoms with Crippen molar-refractivity contribution in [1.82, 2.24) is 14.7 Å². The average Bonchev–Trinajstić information content (AvgIpc) is 2.96. The second-order valence-electron chi connectivity index (χ2n) is 5.84. The maximum absolute atomic E-state index is 13.0. The van der Waals surface area contributed by atoms with E-state index in [-0.39, 0.29) is 5.91 Å². The van der Waals surface area contributed by atoms with Crippen molar-refractivity contribution in [3.05, 3.63) is 47.5 Å². The molecule has 0 unspecified atom stereocenters. The molecule has 1 aromatic carbocycles. The van der Waals surface area contributed by atoms with Crippen LogP contribution in [-0.4, -0.2) is 39.6 Å². The van der Waals surface area contributed by atoms with Gasteiger partial charge in [-0.2, -0.15) is 5.10 Å². The van der Waals surface area contributed by atoms with Crippen molar-refractivity contribution in [2.75, 3.05) is 18.4 Å². The molecule has 0 spiro atoms. The predicted molar refractivity (Wildman–Crippen MR) is 87.3 cm³/mol. The number of nitrogens with one attached hydrogen (secondary N) is 1. The molecule has 1 aliphatic heterocycles. The lowest BCUT2D eigenvalue weighted by atomic mass is 10.1. The summed E-state index contributed by atoms with van der Waals surface area (Å²) >= 11 is 0. The number of benzene rings is 1.